The molecule has 2 amide bonds. The van der Waals surface area contributed by atoms with Crippen LogP contribution in [0.25, 0.3) is 0 Å². The number of nitrogens with one attached hydrogen (secondary N) is 1. The summed E-state index contributed by atoms with van der Waals surface area (Å²) in [5, 5.41) is 17.5. The van der Waals surface area contributed by atoms with Gasteiger partial charge in [-0.25, -0.2) is 0 Å². The van der Waals surface area contributed by atoms with Gasteiger partial charge in [0.05, 0.1) is 11.0 Å². The SMILES string of the molecule is Cc1cc(NC(=O)CN(CC2CCCO2)C(=O)c2ccc(C)c([N+](=O)[O-])c2)no1. The Hall–Kier alpha value is -3.27. The molecule has 1 saturated heterocycles. The Kier molecular flexibility index (Phi) is 6.23. The van der Waals surface area contributed by atoms with Gasteiger partial charge in [0, 0.05) is 36.4 Å². The second-order valence-corrected chi connectivity index (χ2v) is 6.95. The molecule has 1 fully saturated rings. The van der Waals surface area contributed by atoms with Crippen LogP contribution >= 0.6 is 0 Å². The monoisotopic (exact) mass is 402 g/mol. The second-order valence-electron chi connectivity index (χ2n) is 6.95. The topological polar surface area (TPSA) is 128 Å². The summed E-state index contributed by atoms with van der Waals surface area (Å²) in [4.78, 5) is 37.5. The summed E-state index contributed by atoms with van der Waals surface area (Å²) in [6, 6.07) is 5.84. The number of anilines is 1. The molecule has 154 valence electrons. The van der Waals surface area contributed by atoms with E-state index in [2.05, 4.69) is 10.5 Å². The van der Waals surface area contributed by atoms with Crippen LogP contribution in [0.15, 0.2) is 28.8 Å². The third kappa shape index (κ3) is 5.17. The number of aromatic nitrogens is 1. The molecule has 1 aliphatic rings. The predicted molar refractivity (Wildman–Crippen MR) is 103 cm³/mol. The molecule has 1 aromatic carbocycles. The van der Waals surface area contributed by atoms with Crippen molar-refractivity contribution >= 4 is 23.3 Å². The Morgan fingerprint density at radius 2 is 2.14 bits per heavy atom. The van der Waals surface area contributed by atoms with Gasteiger partial charge < -0.3 is 19.5 Å². The van der Waals surface area contributed by atoms with E-state index in [0.717, 1.165) is 12.8 Å². The quantitative estimate of drug-likeness (QED) is 0.556. The molecule has 0 bridgehead atoms. The molecule has 1 aromatic heterocycles. The standard InChI is InChI=1S/C19H22N4O6/c1-12-5-6-14(9-16(12)23(26)27)19(25)22(10-15-4-3-7-28-15)11-18(24)20-17-8-13(2)29-21-17/h5-6,8-9,15H,3-4,7,10-11H2,1-2H3,(H,20,21,24). The molecule has 10 nitrogen and oxygen atoms in total. The average Bonchev–Trinajstić information content (AvgIpc) is 3.32. The van der Waals surface area contributed by atoms with Crippen molar-refractivity contribution in [3.63, 3.8) is 0 Å². The van der Waals surface area contributed by atoms with Crippen LogP contribution in [0.3, 0.4) is 0 Å². The first kappa shape index (κ1) is 20.5. The minimum atomic E-state index is -0.532. The van der Waals surface area contributed by atoms with Crippen molar-refractivity contribution in [2.45, 2.75) is 32.8 Å². The number of hydrogen-bond donors (Lipinski definition) is 1. The fourth-order valence-corrected chi connectivity index (χ4v) is 3.16. The number of carbonyl (C=O) groups is 2. The zero-order chi connectivity index (χ0) is 21.0. The van der Waals surface area contributed by atoms with Crippen LogP contribution in [0.1, 0.15) is 34.5 Å². The highest BCUT2D eigenvalue weighted by atomic mass is 16.6. The smallest absolute Gasteiger partial charge is 0.273 e. The fourth-order valence-electron chi connectivity index (χ4n) is 3.16. The van der Waals surface area contributed by atoms with Crippen molar-refractivity contribution in [2.75, 3.05) is 25.0 Å². The summed E-state index contributed by atoms with van der Waals surface area (Å²) >= 11 is 0. The van der Waals surface area contributed by atoms with Crippen LogP contribution in [0, 0.1) is 24.0 Å². The van der Waals surface area contributed by atoms with Gasteiger partial charge in [0.15, 0.2) is 5.82 Å². The first-order valence-corrected chi connectivity index (χ1v) is 9.22. The third-order valence-corrected chi connectivity index (χ3v) is 4.62. The van der Waals surface area contributed by atoms with Gasteiger partial charge in [-0.3, -0.25) is 19.7 Å². The van der Waals surface area contributed by atoms with Gasteiger partial charge >= 0.3 is 0 Å². The van der Waals surface area contributed by atoms with Crippen LogP contribution in [0.2, 0.25) is 0 Å². The number of nitrogens with zero attached hydrogens (tertiary/aromatic N) is 3. The zero-order valence-corrected chi connectivity index (χ0v) is 16.2. The van der Waals surface area contributed by atoms with Gasteiger partial charge in [-0.15, -0.1) is 0 Å². The number of hydrogen-bond acceptors (Lipinski definition) is 7. The lowest BCUT2D eigenvalue weighted by molar-refractivity contribution is -0.385. The Morgan fingerprint density at radius 1 is 1.34 bits per heavy atom. The van der Waals surface area contributed by atoms with E-state index < -0.39 is 16.7 Å². The maximum absolute atomic E-state index is 13.0. The minimum absolute atomic E-state index is 0.143. The molecule has 1 aliphatic heterocycles. The number of rotatable bonds is 7. The van der Waals surface area contributed by atoms with E-state index in [4.69, 9.17) is 9.26 Å². The molecular weight excluding hydrogens is 380 g/mol. The average molecular weight is 402 g/mol. The first-order chi connectivity index (χ1) is 13.8. The van der Waals surface area contributed by atoms with E-state index >= 15 is 0 Å². The Bertz CT molecular complexity index is 919. The van der Waals surface area contributed by atoms with Gasteiger partial charge in [0.1, 0.15) is 12.3 Å². The number of aryl methyl sites for hydroxylation is 2. The van der Waals surface area contributed by atoms with Crippen LogP contribution in [0.4, 0.5) is 11.5 Å². The van der Waals surface area contributed by atoms with Gasteiger partial charge in [0.2, 0.25) is 5.91 Å². The summed E-state index contributed by atoms with van der Waals surface area (Å²) in [6.07, 6.45) is 1.48. The second kappa shape index (κ2) is 8.82. The van der Waals surface area contributed by atoms with Crippen LogP contribution in [-0.2, 0) is 9.53 Å². The minimum Gasteiger partial charge on any atom is -0.376 e. The molecule has 1 unspecified atom stereocenters. The van der Waals surface area contributed by atoms with Gasteiger partial charge in [-0.1, -0.05) is 11.2 Å². The normalized spacial score (nSPS) is 15.9. The summed E-state index contributed by atoms with van der Waals surface area (Å²) in [5.41, 5.74) is 0.456. The van der Waals surface area contributed by atoms with E-state index in [1.165, 1.54) is 23.1 Å². The van der Waals surface area contributed by atoms with E-state index in [1.54, 1.807) is 19.9 Å². The lowest BCUT2D eigenvalue weighted by Gasteiger charge is -2.25. The molecule has 2 aromatic rings. The van der Waals surface area contributed by atoms with E-state index in [1.807, 2.05) is 0 Å². The first-order valence-electron chi connectivity index (χ1n) is 9.22. The molecule has 2 heterocycles. The number of amides is 2. The molecule has 29 heavy (non-hydrogen) atoms. The third-order valence-electron chi connectivity index (χ3n) is 4.62. The molecule has 0 saturated carbocycles. The molecule has 0 radical (unpaired) electrons. The summed E-state index contributed by atoms with van der Waals surface area (Å²) < 4.78 is 10.5. The van der Waals surface area contributed by atoms with E-state index in [-0.39, 0.29) is 36.3 Å². The van der Waals surface area contributed by atoms with E-state index in [0.29, 0.717) is 17.9 Å². The van der Waals surface area contributed by atoms with Crippen molar-refractivity contribution < 1.29 is 23.8 Å². The molecule has 3 rings (SSSR count). The fraction of sp³-hybridized carbons (Fsp3) is 0.421. The number of benzene rings is 1. The predicted octanol–water partition coefficient (Wildman–Crippen LogP) is 2.46. The van der Waals surface area contributed by atoms with Crippen molar-refractivity contribution in [1.82, 2.24) is 10.1 Å². The highest BCUT2D eigenvalue weighted by Gasteiger charge is 2.27. The van der Waals surface area contributed by atoms with Crippen molar-refractivity contribution in [3.05, 3.63) is 51.3 Å². The molecular formula is C19H22N4O6. The molecule has 10 heteroatoms. The van der Waals surface area contributed by atoms with Crippen molar-refractivity contribution in [3.8, 4) is 0 Å². The highest BCUT2D eigenvalue weighted by molar-refractivity contribution is 5.99. The van der Waals surface area contributed by atoms with Gasteiger partial charge in [-0.05, 0) is 32.8 Å². The van der Waals surface area contributed by atoms with Crippen LogP contribution < -0.4 is 5.32 Å². The highest BCUT2D eigenvalue weighted by Crippen LogP contribution is 2.21. The summed E-state index contributed by atoms with van der Waals surface area (Å²) in [6.45, 7) is 3.87. The zero-order valence-electron chi connectivity index (χ0n) is 16.2. The van der Waals surface area contributed by atoms with Crippen molar-refractivity contribution in [2.24, 2.45) is 0 Å². The molecule has 0 aliphatic carbocycles. The maximum Gasteiger partial charge on any atom is 0.273 e. The van der Waals surface area contributed by atoms with Gasteiger partial charge in [0.25, 0.3) is 11.6 Å². The van der Waals surface area contributed by atoms with Crippen LogP contribution in [-0.4, -0.2) is 52.6 Å². The molecule has 1 atom stereocenters. The number of nitro benzene ring substituents is 1. The molecule has 1 N–H and O–H groups in total. The number of carbonyl (C=O) groups excluding carboxylic acids is 2. The van der Waals surface area contributed by atoms with Gasteiger partial charge in [-0.2, -0.15) is 0 Å². The molecule has 0 spiro atoms. The maximum atomic E-state index is 13.0. The van der Waals surface area contributed by atoms with Crippen molar-refractivity contribution in [1.29, 1.82) is 0 Å². The Balaban J connectivity index is 1.78. The largest absolute Gasteiger partial charge is 0.376 e. The van der Waals surface area contributed by atoms with Crippen LogP contribution in [0.5, 0.6) is 0 Å². The summed E-state index contributed by atoms with van der Waals surface area (Å²) in [5.74, 6) is -0.135. The number of ether oxygens (including phenoxy) is 1. The summed E-state index contributed by atoms with van der Waals surface area (Å²) in [7, 11) is 0. The lowest BCUT2D eigenvalue weighted by Crippen LogP contribution is -2.42. The Labute approximate surface area is 166 Å². The Morgan fingerprint density at radius 3 is 2.76 bits per heavy atom. The van der Waals surface area contributed by atoms with E-state index in [9.17, 15) is 19.7 Å². The lowest BCUT2D eigenvalue weighted by atomic mass is 10.1. The number of nitro groups is 1.